The van der Waals surface area contributed by atoms with Crippen LogP contribution in [0.3, 0.4) is 0 Å². The number of carbonyl (C=O) groups is 1. The van der Waals surface area contributed by atoms with E-state index in [1.165, 1.54) is 18.2 Å². The number of hydrogen-bond donors (Lipinski definition) is 1. The van der Waals surface area contributed by atoms with Crippen molar-refractivity contribution in [3.63, 3.8) is 0 Å². The minimum absolute atomic E-state index is 0.124. The lowest BCUT2D eigenvalue weighted by Gasteiger charge is -2.27. The predicted octanol–water partition coefficient (Wildman–Crippen LogP) is 4.72. The molecule has 12 heteroatoms. The number of anilines is 2. The van der Waals surface area contributed by atoms with Crippen LogP contribution >= 0.6 is 23.2 Å². The van der Waals surface area contributed by atoms with Crippen LogP contribution < -0.4 is 9.21 Å². The molecule has 0 aliphatic carbocycles. The fourth-order valence-corrected chi connectivity index (χ4v) is 6.36. The summed E-state index contributed by atoms with van der Waals surface area (Å²) in [6.45, 7) is 2.08. The van der Waals surface area contributed by atoms with Gasteiger partial charge in [-0.25, -0.2) is 8.42 Å². The third kappa shape index (κ3) is 5.53. The lowest BCUT2D eigenvalue weighted by atomic mass is 10.0. The van der Waals surface area contributed by atoms with E-state index in [1.807, 2.05) is 30.3 Å². The number of nitrogens with zero attached hydrogens (tertiary/aromatic N) is 4. The van der Waals surface area contributed by atoms with Crippen molar-refractivity contribution >= 4 is 61.5 Å². The molecule has 3 aromatic carbocycles. The summed E-state index contributed by atoms with van der Waals surface area (Å²) < 4.78 is 33.0. The molecule has 9 nitrogen and oxygen atoms in total. The van der Waals surface area contributed by atoms with E-state index in [2.05, 4.69) is 15.1 Å². The Morgan fingerprint density at radius 1 is 0.921 bits per heavy atom. The van der Waals surface area contributed by atoms with Crippen LogP contribution in [-0.2, 0) is 19.6 Å². The SMILES string of the molecule is O=C(O)CN(c1ccc2cc(-c3ccc(N4CCOCC4)nn3)ccc2c1)S(=O)(=O)c1cc(Cl)cc(Cl)c1. The molecule has 1 N–H and O–H groups in total. The summed E-state index contributed by atoms with van der Waals surface area (Å²) in [4.78, 5) is 13.5. The number of benzene rings is 3. The second-order valence-electron chi connectivity index (χ2n) is 8.63. The second-order valence-corrected chi connectivity index (χ2v) is 11.4. The van der Waals surface area contributed by atoms with Crippen LogP contribution in [0.2, 0.25) is 10.0 Å². The van der Waals surface area contributed by atoms with E-state index < -0.39 is 22.5 Å². The Labute approximate surface area is 229 Å². The molecular formula is C26H22Cl2N4O5S. The normalized spacial score (nSPS) is 14.0. The summed E-state index contributed by atoms with van der Waals surface area (Å²) in [6.07, 6.45) is 0. The number of ether oxygens (including phenoxy) is 1. The van der Waals surface area contributed by atoms with Gasteiger partial charge >= 0.3 is 5.97 Å². The van der Waals surface area contributed by atoms with Gasteiger partial charge in [0.05, 0.1) is 29.5 Å². The van der Waals surface area contributed by atoms with Crippen molar-refractivity contribution < 1.29 is 23.1 Å². The number of hydrogen-bond acceptors (Lipinski definition) is 7. The second kappa shape index (κ2) is 10.7. The average molecular weight is 573 g/mol. The molecule has 1 saturated heterocycles. The van der Waals surface area contributed by atoms with E-state index in [-0.39, 0.29) is 20.6 Å². The van der Waals surface area contributed by atoms with E-state index in [0.717, 1.165) is 39.5 Å². The maximum absolute atomic E-state index is 13.4. The maximum Gasteiger partial charge on any atom is 0.324 e. The summed E-state index contributed by atoms with van der Waals surface area (Å²) in [5.74, 6) is -0.514. The molecule has 1 aliphatic rings. The zero-order chi connectivity index (χ0) is 26.9. The van der Waals surface area contributed by atoms with Gasteiger partial charge < -0.3 is 14.7 Å². The van der Waals surface area contributed by atoms with Gasteiger partial charge in [0.1, 0.15) is 6.54 Å². The average Bonchev–Trinajstić information content (AvgIpc) is 2.91. The van der Waals surface area contributed by atoms with Gasteiger partial charge in [0.2, 0.25) is 0 Å². The van der Waals surface area contributed by atoms with Crippen LogP contribution in [0.1, 0.15) is 0 Å². The number of carboxylic acid groups (broad SMARTS) is 1. The molecule has 5 rings (SSSR count). The van der Waals surface area contributed by atoms with Gasteiger partial charge in [-0.2, -0.15) is 0 Å². The van der Waals surface area contributed by atoms with E-state index in [1.54, 1.807) is 18.2 Å². The van der Waals surface area contributed by atoms with Gasteiger partial charge in [0, 0.05) is 28.7 Å². The number of sulfonamides is 1. The molecule has 0 radical (unpaired) electrons. The summed E-state index contributed by atoms with van der Waals surface area (Å²) in [6, 6.07) is 18.2. The van der Waals surface area contributed by atoms with Crippen molar-refractivity contribution in [2.45, 2.75) is 4.90 Å². The summed E-state index contributed by atoms with van der Waals surface area (Å²) in [7, 11) is -4.27. The third-order valence-corrected chi connectivity index (χ3v) is 8.28. The quantitative estimate of drug-likeness (QED) is 0.338. The van der Waals surface area contributed by atoms with Crippen LogP contribution in [0.4, 0.5) is 11.5 Å². The summed E-state index contributed by atoms with van der Waals surface area (Å²) in [5, 5.41) is 20.0. The number of rotatable bonds is 7. The van der Waals surface area contributed by atoms with E-state index in [0.29, 0.717) is 18.9 Å². The zero-order valence-electron chi connectivity index (χ0n) is 19.9. The molecule has 1 fully saturated rings. The highest BCUT2D eigenvalue weighted by Gasteiger charge is 2.28. The Balaban J connectivity index is 1.46. The first kappa shape index (κ1) is 26.2. The maximum atomic E-state index is 13.4. The van der Waals surface area contributed by atoms with Gasteiger partial charge in [-0.3, -0.25) is 9.10 Å². The Morgan fingerprint density at radius 2 is 1.61 bits per heavy atom. The largest absolute Gasteiger partial charge is 0.480 e. The van der Waals surface area contributed by atoms with Crippen LogP contribution in [0.5, 0.6) is 0 Å². The Bertz CT molecular complexity index is 1590. The fraction of sp³-hybridized carbons (Fsp3) is 0.192. The first-order chi connectivity index (χ1) is 18.2. The molecule has 0 unspecified atom stereocenters. The molecule has 1 aliphatic heterocycles. The van der Waals surface area contributed by atoms with Gasteiger partial charge in [-0.05, 0) is 59.3 Å². The molecule has 0 saturated carbocycles. The minimum atomic E-state index is -4.27. The number of morpholine rings is 1. The Hall–Kier alpha value is -3.44. The van der Waals surface area contributed by atoms with Gasteiger partial charge in [0.15, 0.2) is 5.82 Å². The molecular weight excluding hydrogens is 551 g/mol. The molecule has 0 amide bonds. The van der Waals surface area contributed by atoms with Gasteiger partial charge in [0.25, 0.3) is 10.0 Å². The highest BCUT2D eigenvalue weighted by atomic mass is 35.5. The molecule has 4 aromatic rings. The standard InChI is InChI=1S/C26H22Cl2N4O5S/c27-20-13-21(28)15-23(14-20)38(35,36)32(16-26(33)34)22-4-3-17-11-19(2-1-18(17)12-22)24-5-6-25(30-29-24)31-7-9-37-10-8-31/h1-6,11-15H,7-10,16H2,(H,33,34). The van der Waals surface area contributed by atoms with Gasteiger partial charge in [-0.15, -0.1) is 10.2 Å². The zero-order valence-corrected chi connectivity index (χ0v) is 22.2. The molecule has 1 aromatic heterocycles. The fourth-order valence-electron chi connectivity index (χ4n) is 4.23. The smallest absolute Gasteiger partial charge is 0.324 e. The van der Waals surface area contributed by atoms with Crippen LogP contribution in [0, 0.1) is 0 Å². The van der Waals surface area contributed by atoms with Crippen molar-refractivity contribution in [3.8, 4) is 11.3 Å². The van der Waals surface area contributed by atoms with Crippen molar-refractivity contribution in [2.75, 3.05) is 42.1 Å². The Morgan fingerprint density at radius 3 is 2.26 bits per heavy atom. The third-order valence-electron chi connectivity index (χ3n) is 6.10. The molecule has 0 bridgehead atoms. The van der Waals surface area contributed by atoms with E-state index in [9.17, 15) is 18.3 Å². The molecule has 0 spiro atoms. The number of fused-ring (bicyclic) bond motifs is 1. The monoisotopic (exact) mass is 572 g/mol. The Kier molecular flexibility index (Phi) is 7.40. The van der Waals surface area contributed by atoms with Crippen molar-refractivity contribution in [1.82, 2.24) is 10.2 Å². The molecule has 0 atom stereocenters. The molecule has 196 valence electrons. The first-order valence-electron chi connectivity index (χ1n) is 11.6. The predicted molar refractivity (Wildman–Crippen MR) is 147 cm³/mol. The number of aromatic nitrogens is 2. The van der Waals surface area contributed by atoms with Gasteiger partial charge in [-0.1, -0.05) is 41.4 Å². The van der Waals surface area contributed by atoms with Crippen LogP contribution in [-0.4, -0.2) is 62.5 Å². The van der Waals surface area contributed by atoms with E-state index >= 15 is 0 Å². The highest BCUT2D eigenvalue weighted by molar-refractivity contribution is 7.92. The molecule has 2 heterocycles. The van der Waals surface area contributed by atoms with E-state index in [4.69, 9.17) is 27.9 Å². The van der Waals surface area contributed by atoms with Crippen molar-refractivity contribution in [3.05, 3.63) is 76.8 Å². The molecule has 38 heavy (non-hydrogen) atoms. The minimum Gasteiger partial charge on any atom is -0.480 e. The first-order valence-corrected chi connectivity index (χ1v) is 13.8. The number of aliphatic carboxylic acids is 1. The topological polar surface area (TPSA) is 113 Å². The van der Waals surface area contributed by atoms with Crippen molar-refractivity contribution in [2.24, 2.45) is 0 Å². The number of carboxylic acids is 1. The van der Waals surface area contributed by atoms with Crippen LogP contribution in [0.15, 0.2) is 71.6 Å². The summed E-state index contributed by atoms with van der Waals surface area (Å²) >= 11 is 12.0. The van der Waals surface area contributed by atoms with Crippen molar-refractivity contribution in [1.29, 1.82) is 0 Å². The highest BCUT2D eigenvalue weighted by Crippen LogP contribution is 2.31. The number of halogens is 2. The summed E-state index contributed by atoms with van der Waals surface area (Å²) in [5.41, 5.74) is 1.73. The van der Waals surface area contributed by atoms with Crippen LogP contribution in [0.25, 0.3) is 22.0 Å². The lowest BCUT2D eigenvalue weighted by Crippen LogP contribution is -2.36. The lowest BCUT2D eigenvalue weighted by molar-refractivity contribution is -0.135.